The van der Waals surface area contributed by atoms with E-state index < -0.39 is 0 Å². The van der Waals surface area contributed by atoms with Crippen molar-refractivity contribution in [1.29, 1.82) is 0 Å². The molecule has 6 aromatic carbocycles. The van der Waals surface area contributed by atoms with Gasteiger partial charge in [-0.15, -0.1) is 0 Å². The standard InChI is InChI=1S/C39H28N2/c1-39(2)34-32-20-12-10-18-30(32)29-17-9-11-19-31(29)33(34)37-35(39)36(40-38(41-37)28-15-7-4-8-16-28)27-23-21-26(22-24-27)25-13-5-3-6-14-25/h3-24H,1-2H3. The van der Waals surface area contributed by atoms with Crippen molar-refractivity contribution in [2.24, 2.45) is 0 Å². The van der Waals surface area contributed by atoms with E-state index in [2.05, 4.69) is 141 Å². The van der Waals surface area contributed by atoms with E-state index in [9.17, 15) is 0 Å². The van der Waals surface area contributed by atoms with Gasteiger partial charge in [0, 0.05) is 27.7 Å². The lowest BCUT2D eigenvalue weighted by molar-refractivity contribution is 0.664. The smallest absolute Gasteiger partial charge is 0.160 e. The summed E-state index contributed by atoms with van der Waals surface area (Å²) in [6.45, 7) is 4.68. The van der Waals surface area contributed by atoms with Crippen molar-refractivity contribution < 1.29 is 0 Å². The molecule has 194 valence electrons. The minimum absolute atomic E-state index is 0.295. The van der Waals surface area contributed by atoms with Crippen molar-refractivity contribution in [3.8, 4) is 45.0 Å². The fraction of sp³-hybridized carbons (Fsp3) is 0.0769. The Morgan fingerprint density at radius 1 is 0.390 bits per heavy atom. The second kappa shape index (κ2) is 8.97. The zero-order valence-corrected chi connectivity index (χ0v) is 23.1. The van der Waals surface area contributed by atoms with Gasteiger partial charge in [-0.05, 0) is 38.2 Å². The van der Waals surface area contributed by atoms with Crippen LogP contribution in [-0.4, -0.2) is 9.97 Å². The molecule has 0 saturated carbocycles. The van der Waals surface area contributed by atoms with Gasteiger partial charge in [0.05, 0.1) is 11.4 Å². The molecule has 0 fully saturated rings. The number of aromatic nitrogens is 2. The summed E-state index contributed by atoms with van der Waals surface area (Å²) >= 11 is 0. The molecule has 0 atom stereocenters. The molecular weight excluding hydrogens is 496 g/mol. The Bertz CT molecular complexity index is 2090. The van der Waals surface area contributed by atoms with Crippen LogP contribution >= 0.6 is 0 Å². The molecule has 1 aliphatic carbocycles. The Morgan fingerprint density at radius 3 is 1.51 bits per heavy atom. The van der Waals surface area contributed by atoms with Gasteiger partial charge in [-0.25, -0.2) is 9.97 Å². The van der Waals surface area contributed by atoms with Crippen LogP contribution in [0, 0.1) is 0 Å². The van der Waals surface area contributed by atoms with Crippen LogP contribution in [0.15, 0.2) is 133 Å². The third-order valence-electron chi connectivity index (χ3n) is 8.63. The predicted molar refractivity (Wildman–Crippen MR) is 171 cm³/mol. The van der Waals surface area contributed by atoms with E-state index in [4.69, 9.17) is 9.97 Å². The van der Waals surface area contributed by atoms with Gasteiger partial charge in [0.2, 0.25) is 0 Å². The first kappa shape index (κ1) is 23.8. The largest absolute Gasteiger partial charge is 0.228 e. The van der Waals surface area contributed by atoms with Gasteiger partial charge in [0.1, 0.15) is 0 Å². The highest BCUT2D eigenvalue weighted by molar-refractivity contribution is 6.18. The summed E-state index contributed by atoms with van der Waals surface area (Å²) in [5.41, 5.74) is 10.1. The number of fused-ring (bicyclic) bond motifs is 8. The van der Waals surface area contributed by atoms with Crippen LogP contribution in [0.1, 0.15) is 25.0 Å². The van der Waals surface area contributed by atoms with Crippen molar-refractivity contribution in [2.45, 2.75) is 19.3 Å². The summed E-state index contributed by atoms with van der Waals surface area (Å²) in [6.07, 6.45) is 0. The molecular formula is C39H28N2. The van der Waals surface area contributed by atoms with E-state index in [1.54, 1.807) is 0 Å². The van der Waals surface area contributed by atoms with Gasteiger partial charge in [0.15, 0.2) is 5.82 Å². The molecule has 8 rings (SSSR count). The monoisotopic (exact) mass is 524 g/mol. The lowest BCUT2D eigenvalue weighted by Crippen LogP contribution is -2.18. The van der Waals surface area contributed by atoms with Crippen molar-refractivity contribution in [2.75, 3.05) is 0 Å². The van der Waals surface area contributed by atoms with Crippen LogP contribution < -0.4 is 0 Å². The Morgan fingerprint density at radius 2 is 0.854 bits per heavy atom. The van der Waals surface area contributed by atoms with Crippen molar-refractivity contribution in [1.82, 2.24) is 9.97 Å². The lowest BCUT2D eigenvalue weighted by atomic mass is 9.78. The molecule has 0 saturated heterocycles. The van der Waals surface area contributed by atoms with E-state index in [-0.39, 0.29) is 5.41 Å². The Hall–Kier alpha value is -5.08. The third-order valence-corrected chi connectivity index (χ3v) is 8.63. The van der Waals surface area contributed by atoms with Crippen molar-refractivity contribution in [3.63, 3.8) is 0 Å². The topological polar surface area (TPSA) is 25.8 Å². The quantitative estimate of drug-likeness (QED) is 0.215. The van der Waals surface area contributed by atoms with Gasteiger partial charge < -0.3 is 0 Å². The summed E-state index contributed by atoms with van der Waals surface area (Å²) in [4.78, 5) is 10.7. The maximum Gasteiger partial charge on any atom is 0.160 e. The number of rotatable bonds is 3. The summed E-state index contributed by atoms with van der Waals surface area (Å²) in [6, 6.07) is 47.3. The number of hydrogen-bond donors (Lipinski definition) is 0. The van der Waals surface area contributed by atoms with Crippen LogP contribution in [0.5, 0.6) is 0 Å². The van der Waals surface area contributed by atoms with E-state index in [1.165, 1.54) is 49.4 Å². The van der Waals surface area contributed by atoms with E-state index in [1.807, 2.05) is 6.07 Å². The molecule has 0 amide bonds. The zero-order valence-electron chi connectivity index (χ0n) is 23.1. The average molecular weight is 525 g/mol. The summed E-state index contributed by atoms with van der Waals surface area (Å²) in [5.74, 6) is 0.757. The molecule has 1 aromatic heterocycles. The van der Waals surface area contributed by atoms with Crippen molar-refractivity contribution >= 4 is 21.5 Å². The molecule has 0 N–H and O–H groups in total. The Balaban J connectivity index is 1.46. The predicted octanol–water partition coefficient (Wildman–Crippen LogP) is 10.1. The second-order valence-corrected chi connectivity index (χ2v) is 11.4. The van der Waals surface area contributed by atoms with E-state index in [0.29, 0.717) is 0 Å². The first-order chi connectivity index (χ1) is 20.1. The molecule has 2 heteroatoms. The van der Waals surface area contributed by atoms with Crippen LogP contribution in [0.2, 0.25) is 0 Å². The number of hydrogen-bond acceptors (Lipinski definition) is 2. The highest BCUT2D eigenvalue weighted by atomic mass is 14.9. The SMILES string of the molecule is CC1(C)c2c(-c3ccc(-c4ccccc4)cc3)nc(-c3ccccc3)nc2-c2c1c1ccccc1c1ccccc21. The normalized spacial score (nSPS) is 13.3. The maximum absolute atomic E-state index is 5.36. The Labute approximate surface area is 240 Å². The van der Waals surface area contributed by atoms with Crippen LogP contribution in [0.4, 0.5) is 0 Å². The summed E-state index contributed by atoms with van der Waals surface area (Å²) in [5, 5.41) is 5.08. The first-order valence-electron chi connectivity index (χ1n) is 14.2. The second-order valence-electron chi connectivity index (χ2n) is 11.4. The molecule has 1 aliphatic rings. The molecule has 2 nitrogen and oxygen atoms in total. The highest BCUT2D eigenvalue weighted by Gasteiger charge is 2.42. The lowest BCUT2D eigenvalue weighted by Gasteiger charge is -2.25. The van der Waals surface area contributed by atoms with Gasteiger partial charge in [-0.2, -0.15) is 0 Å². The molecule has 0 aliphatic heterocycles. The molecule has 0 spiro atoms. The molecule has 0 bridgehead atoms. The zero-order chi connectivity index (χ0) is 27.6. The van der Waals surface area contributed by atoms with E-state index in [0.717, 1.165) is 28.3 Å². The summed E-state index contributed by atoms with van der Waals surface area (Å²) < 4.78 is 0. The van der Waals surface area contributed by atoms with Gasteiger partial charge in [0.25, 0.3) is 0 Å². The third kappa shape index (κ3) is 3.57. The Kier molecular flexibility index (Phi) is 5.20. The summed E-state index contributed by atoms with van der Waals surface area (Å²) in [7, 11) is 0. The first-order valence-corrected chi connectivity index (χ1v) is 14.2. The fourth-order valence-electron chi connectivity index (χ4n) is 6.77. The minimum Gasteiger partial charge on any atom is -0.228 e. The minimum atomic E-state index is -0.295. The maximum atomic E-state index is 5.36. The van der Waals surface area contributed by atoms with Gasteiger partial charge >= 0.3 is 0 Å². The molecule has 1 heterocycles. The fourth-order valence-corrected chi connectivity index (χ4v) is 6.77. The molecule has 0 unspecified atom stereocenters. The molecule has 41 heavy (non-hydrogen) atoms. The molecule has 7 aromatic rings. The van der Waals surface area contributed by atoms with Crippen molar-refractivity contribution in [3.05, 3.63) is 145 Å². The van der Waals surface area contributed by atoms with Gasteiger partial charge in [-0.1, -0.05) is 147 Å². The van der Waals surface area contributed by atoms with E-state index >= 15 is 0 Å². The van der Waals surface area contributed by atoms with Crippen LogP contribution in [-0.2, 0) is 5.41 Å². The van der Waals surface area contributed by atoms with Crippen LogP contribution in [0.3, 0.4) is 0 Å². The average Bonchev–Trinajstić information content (AvgIpc) is 3.29. The van der Waals surface area contributed by atoms with Gasteiger partial charge in [-0.3, -0.25) is 0 Å². The highest BCUT2D eigenvalue weighted by Crippen LogP contribution is 2.56. The number of nitrogens with zero attached hydrogens (tertiary/aromatic N) is 2. The van der Waals surface area contributed by atoms with Crippen LogP contribution in [0.25, 0.3) is 66.6 Å². The number of benzene rings is 6. The molecule has 0 radical (unpaired) electrons.